The summed E-state index contributed by atoms with van der Waals surface area (Å²) in [7, 11) is -2.41. The minimum Gasteiger partial charge on any atom is -0.419 e. The van der Waals surface area contributed by atoms with Crippen molar-refractivity contribution in [2.45, 2.75) is 68.7 Å². The fraction of sp³-hybridized carbons (Fsp3) is 1.00. The molecule has 19 heavy (non-hydrogen) atoms. The predicted molar refractivity (Wildman–Crippen MR) is 100.0 cm³/mol. The SMILES string of the molecule is C.C.CCN(CC)[SiH](C)C.CCN(CC)[Si](C)(C)O.[HH]. The highest BCUT2D eigenvalue weighted by molar-refractivity contribution is 6.66. The van der Waals surface area contributed by atoms with Gasteiger partial charge in [-0.25, -0.2) is 0 Å². The Morgan fingerprint density at radius 3 is 1.21 bits per heavy atom. The van der Waals surface area contributed by atoms with Gasteiger partial charge in [0.2, 0.25) is 0 Å². The molecule has 0 bridgehead atoms. The zero-order chi connectivity index (χ0) is 14.1. The van der Waals surface area contributed by atoms with Crippen molar-refractivity contribution in [2.24, 2.45) is 0 Å². The van der Waals surface area contributed by atoms with Gasteiger partial charge < -0.3 is 13.9 Å². The molecular weight excluding hydrogens is 268 g/mol. The third kappa shape index (κ3) is 14.5. The molecule has 0 fully saturated rings. The largest absolute Gasteiger partial charge is 0.419 e. The maximum atomic E-state index is 9.54. The van der Waals surface area contributed by atoms with Crippen LogP contribution in [0.25, 0.3) is 0 Å². The van der Waals surface area contributed by atoms with Crippen LogP contribution in [0.1, 0.15) is 44.0 Å². The van der Waals surface area contributed by atoms with Crippen molar-refractivity contribution < 1.29 is 6.22 Å². The zero-order valence-corrected chi connectivity index (χ0v) is 15.4. The van der Waals surface area contributed by atoms with Gasteiger partial charge in [0, 0.05) is 1.43 Å². The molecule has 0 rings (SSSR count). The van der Waals surface area contributed by atoms with E-state index in [1.165, 1.54) is 13.1 Å². The highest BCUT2D eigenvalue weighted by Gasteiger charge is 2.23. The van der Waals surface area contributed by atoms with Crippen LogP contribution in [0.4, 0.5) is 0 Å². The summed E-state index contributed by atoms with van der Waals surface area (Å²) in [5, 5.41) is 0. The molecule has 3 nitrogen and oxygen atoms in total. The summed E-state index contributed by atoms with van der Waals surface area (Å²) in [6.45, 7) is 21.6. The van der Waals surface area contributed by atoms with Gasteiger partial charge in [0.05, 0.1) is 0 Å². The van der Waals surface area contributed by atoms with Crippen molar-refractivity contribution in [3.05, 3.63) is 0 Å². The van der Waals surface area contributed by atoms with E-state index in [1.807, 2.05) is 13.1 Å². The van der Waals surface area contributed by atoms with Crippen molar-refractivity contribution in [3.8, 4) is 0 Å². The summed E-state index contributed by atoms with van der Waals surface area (Å²) in [6.07, 6.45) is 0. The van der Waals surface area contributed by atoms with Crippen LogP contribution >= 0.6 is 0 Å². The lowest BCUT2D eigenvalue weighted by molar-refractivity contribution is 0.369. The molecule has 124 valence electrons. The normalized spacial score (nSPS) is 10.7. The molecule has 1 N–H and O–H groups in total. The minimum atomic E-state index is -1.95. The van der Waals surface area contributed by atoms with E-state index >= 15 is 0 Å². The molecule has 0 radical (unpaired) electrons. The summed E-state index contributed by atoms with van der Waals surface area (Å²) in [5.74, 6) is 0. The Kier molecular flexibility index (Phi) is 21.4. The molecule has 0 saturated carbocycles. The van der Waals surface area contributed by atoms with Gasteiger partial charge in [-0.3, -0.25) is 0 Å². The molecule has 0 aromatic heterocycles. The molecule has 0 aliphatic heterocycles. The number of hydrogen-bond acceptors (Lipinski definition) is 3. The second-order valence-electron chi connectivity index (χ2n) is 4.98. The van der Waals surface area contributed by atoms with Gasteiger partial charge in [0.1, 0.15) is 8.96 Å². The Labute approximate surface area is 128 Å². The first-order valence-electron chi connectivity index (χ1n) is 6.95. The van der Waals surface area contributed by atoms with Crippen molar-refractivity contribution in [1.29, 1.82) is 0 Å². The van der Waals surface area contributed by atoms with Crippen LogP contribution in [-0.4, -0.2) is 57.5 Å². The van der Waals surface area contributed by atoms with E-state index in [0.29, 0.717) is 0 Å². The Bertz CT molecular complexity index is 171. The van der Waals surface area contributed by atoms with Gasteiger partial charge in [-0.1, -0.05) is 55.6 Å². The van der Waals surface area contributed by atoms with Crippen molar-refractivity contribution in [3.63, 3.8) is 0 Å². The van der Waals surface area contributed by atoms with Crippen LogP contribution < -0.4 is 0 Å². The van der Waals surface area contributed by atoms with E-state index in [1.54, 1.807) is 0 Å². The molecule has 0 aromatic rings. The zero-order valence-electron chi connectivity index (χ0n) is 13.2. The second kappa shape index (κ2) is 14.7. The fourth-order valence-electron chi connectivity index (χ4n) is 1.95. The van der Waals surface area contributed by atoms with Crippen LogP contribution in [0.3, 0.4) is 0 Å². The summed E-state index contributed by atoms with van der Waals surface area (Å²) >= 11 is 0. The Balaban J connectivity index is -0.0000000655. The monoisotopic (exact) mass is 312 g/mol. The highest BCUT2D eigenvalue weighted by atomic mass is 28.4. The Morgan fingerprint density at radius 2 is 1.21 bits per heavy atom. The van der Waals surface area contributed by atoms with E-state index in [0.717, 1.165) is 13.1 Å². The number of hydrogen-bond donors (Lipinski definition) is 1. The first kappa shape index (κ1) is 27.6. The van der Waals surface area contributed by atoms with Crippen molar-refractivity contribution in [1.82, 2.24) is 9.13 Å². The topological polar surface area (TPSA) is 26.7 Å². The average molecular weight is 313 g/mol. The van der Waals surface area contributed by atoms with Crippen LogP contribution in [-0.2, 0) is 0 Å². The lowest BCUT2D eigenvalue weighted by Gasteiger charge is -2.28. The van der Waals surface area contributed by atoms with Crippen LogP contribution in [0.5, 0.6) is 0 Å². The lowest BCUT2D eigenvalue weighted by Crippen LogP contribution is -2.48. The van der Waals surface area contributed by atoms with E-state index < -0.39 is 17.4 Å². The van der Waals surface area contributed by atoms with E-state index in [4.69, 9.17) is 0 Å². The highest BCUT2D eigenvalue weighted by Crippen LogP contribution is 2.03. The molecule has 0 aliphatic rings. The molecule has 0 spiro atoms. The maximum absolute atomic E-state index is 9.54. The molecule has 0 amide bonds. The summed E-state index contributed by atoms with van der Waals surface area (Å²) in [6, 6.07) is 0. The summed E-state index contributed by atoms with van der Waals surface area (Å²) in [4.78, 5) is 9.54. The van der Waals surface area contributed by atoms with E-state index in [9.17, 15) is 4.80 Å². The number of nitrogens with zero attached hydrogens (tertiary/aromatic N) is 2. The lowest BCUT2D eigenvalue weighted by atomic mass is 10.7. The first-order valence-corrected chi connectivity index (χ1v) is 12.7. The van der Waals surface area contributed by atoms with Gasteiger partial charge in [-0.2, -0.15) is 0 Å². The molecule has 0 aliphatic carbocycles. The third-order valence-corrected chi connectivity index (χ3v) is 7.45. The Hall–Kier alpha value is 0.314. The third-order valence-electron chi connectivity index (χ3n) is 3.08. The van der Waals surface area contributed by atoms with E-state index in [-0.39, 0.29) is 16.3 Å². The van der Waals surface area contributed by atoms with Crippen molar-refractivity contribution >= 4 is 17.4 Å². The standard InChI is InChI=1S/C6H17NOSi.C6H17NSi.2CH4.H2/c1-5-7(6-2)9(3,4)8;1-5-7(6-2)8(3)4;;;/h8H,5-6H2,1-4H3;8H,5-6H2,1-4H3;2*1H4;1H. The van der Waals surface area contributed by atoms with E-state index in [2.05, 4.69) is 49.9 Å². The minimum absolute atomic E-state index is 0. The molecule has 5 heteroatoms. The number of rotatable bonds is 6. The first-order chi connectivity index (χ1) is 7.74. The fourth-order valence-corrected chi connectivity index (χ4v) is 4.96. The predicted octanol–water partition coefficient (Wildman–Crippen LogP) is 3.85. The molecule has 0 aromatic carbocycles. The molecule has 0 atom stereocenters. The van der Waals surface area contributed by atoms with Gasteiger partial charge >= 0.3 is 0 Å². The van der Waals surface area contributed by atoms with Gasteiger partial charge in [-0.15, -0.1) is 0 Å². The molecule has 0 unspecified atom stereocenters. The smallest absolute Gasteiger partial charge is 0.262 e. The van der Waals surface area contributed by atoms with Crippen molar-refractivity contribution in [2.75, 3.05) is 26.2 Å². The maximum Gasteiger partial charge on any atom is 0.262 e. The second-order valence-corrected chi connectivity index (χ2v) is 11.5. The quantitative estimate of drug-likeness (QED) is 0.755. The van der Waals surface area contributed by atoms with Crippen LogP contribution in [0, 0.1) is 0 Å². The molecular formula is C14H44N2OSi2. The molecule has 0 heterocycles. The Morgan fingerprint density at radius 1 is 0.895 bits per heavy atom. The van der Waals surface area contributed by atoms with Crippen LogP contribution in [0.2, 0.25) is 26.2 Å². The van der Waals surface area contributed by atoms with Gasteiger partial charge in [-0.05, 0) is 39.3 Å². The summed E-state index contributed by atoms with van der Waals surface area (Å²) < 4.78 is 4.69. The van der Waals surface area contributed by atoms with Crippen LogP contribution in [0.15, 0.2) is 0 Å². The summed E-state index contributed by atoms with van der Waals surface area (Å²) in [5.41, 5.74) is 0. The van der Waals surface area contributed by atoms with Gasteiger partial charge in [0.25, 0.3) is 8.48 Å². The molecule has 0 saturated heterocycles. The average Bonchev–Trinajstić information content (AvgIpc) is 2.19. The van der Waals surface area contributed by atoms with Gasteiger partial charge in [0.15, 0.2) is 0 Å².